The standard InChI is InChI=1S/C12H14N2O/c1-8(13-15)12-9(2)14(3)11-7-5-4-6-10(11)12/h4-7,13,15H,1H2,2-3H3. The largest absolute Gasteiger partial charge is 0.347 e. The third kappa shape index (κ3) is 1.32. The van der Waals surface area contributed by atoms with Crippen molar-refractivity contribution in [2.24, 2.45) is 7.05 Å². The van der Waals surface area contributed by atoms with E-state index in [1.807, 2.05) is 32.2 Å². The van der Waals surface area contributed by atoms with Crippen molar-refractivity contribution in [2.45, 2.75) is 6.92 Å². The first kappa shape index (κ1) is 9.80. The maximum atomic E-state index is 8.92. The average Bonchev–Trinajstić information content (AvgIpc) is 2.52. The van der Waals surface area contributed by atoms with E-state index in [1.54, 1.807) is 0 Å². The Morgan fingerprint density at radius 1 is 1.40 bits per heavy atom. The molecule has 3 nitrogen and oxygen atoms in total. The lowest BCUT2D eigenvalue weighted by molar-refractivity contribution is 0.225. The minimum Gasteiger partial charge on any atom is -0.347 e. The Bertz CT molecular complexity index is 526. The number of aryl methyl sites for hydroxylation is 1. The van der Waals surface area contributed by atoms with Crippen LogP contribution in [0.15, 0.2) is 30.8 Å². The quantitative estimate of drug-likeness (QED) is 0.734. The minimum atomic E-state index is 0.532. The molecule has 0 bridgehead atoms. The van der Waals surface area contributed by atoms with Crippen molar-refractivity contribution >= 4 is 16.6 Å². The molecule has 1 heterocycles. The van der Waals surface area contributed by atoms with Gasteiger partial charge in [0, 0.05) is 29.2 Å². The summed E-state index contributed by atoms with van der Waals surface area (Å²) in [5.74, 6) is 0. The molecule has 2 aromatic rings. The molecule has 78 valence electrons. The second-order valence-electron chi connectivity index (χ2n) is 3.63. The monoisotopic (exact) mass is 202 g/mol. The molecule has 0 atom stereocenters. The van der Waals surface area contributed by atoms with Crippen molar-refractivity contribution in [3.8, 4) is 0 Å². The molecular weight excluding hydrogens is 188 g/mol. The Hall–Kier alpha value is -1.74. The van der Waals surface area contributed by atoms with Gasteiger partial charge in [-0.15, -0.1) is 0 Å². The minimum absolute atomic E-state index is 0.532. The summed E-state index contributed by atoms with van der Waals surface area (Å²) in [7, 11) is 2.01. The van der Waals surface area contributed by atoms with Crippen LogP contribution in [-0.2, 0) is 7.05 Å². The summed E-state index contributed by atoms with van der Waals surface area (Å²) < 4.78 is 2.09. The number of benzene rings is 1. The van der Waals surface area contributed by atoms with Gasteiger partial charge in [0.2, 0.25) is 0 Å². The lowest BCUT2D eigenvalue weighted by Gasteiger charge is -2.04. The van der Waals surface area contributed by atoms with E-state index in [-0.39, 0.29) is 0 Å². The van der Waals surface area contributed by atoms with Gasteiger partial charge in [-0.3, -0.25) is 10.7 Å². The number of hydrogen-bond donors (Lipinski definition) is 2. The molecule has 3 heteroatoms. The van der Waals surface area contributed by atoms with Crippen LogP contribution in [0, 0.1) is 6.92 Å². The van der Waals surface area contributed by atoms with E-state index in [0.29, 0.717) is 5.70 Å². The van der Waals surface area contributed by atoms with E-state index in [9.17, 15) is 0 Å². The highest BCUT2D eigenvalue weighted by molar-refractivity contribution is 5.93. The number of rotatable bonds is 2. The van der Waals surface area contributed by atoms with E-state index in [0.717, 1.165) is 22.2 Å². The van der Waals surface area contributed by atoms with Crippen LogP contribution < -0.4 is 5.48 Å². The summed E-state index contributed by atoms with van der Waals surface area (Å²) in [5, 5.41) is 10.0. The molecule has 0 amide bonds. The van der Waals surface area contributed by atoms with Crippen LogP contribution in [0.4, 0.5) is 0 Å². The van der Waals surface area contributed by atoms with Crippen molar-refractivity contribution in [3.05, 3.63) is 42.1 Å². The molecule has 1 aromatic heterocycles. The topological polar surface area (TPSA) is 37.2 Å². The van der Waals surface area contributed by atoms with Gasteiger partial charge < -0.3 is 4.57 Å². The Morgan fingerprint density at radius 3 is 2.73 bits per heavy atom. The van der Waals surface area contributed by atoms with E-state index in [2.05, 4.69) is 22.7 Å². The number of hydrogen-bond acceptors (Lipinski definition) is 2. The van der Waals surface area contributed by atoms with Crippen LogP contribution >= 0.6 is 0 Å². The third-order valence-corrected chi connectivity index (χ3v) is 2.84. The molecule has 1 aromatic carbocycles. The molecule has 0 unspecified atom stereocenters. The highest BCUT2D eigenvalue weighted by Crippen LogP contribution is 2.28. The summed E-state index contributed by atoms with van der Waals surface area (Å²) in [5.41, 5.74) is 5.85. The van der Waals surface area contributed by atoms with Gasteiger partial charge >= 0.3 is 0 Å². The average molecular weight is 202 g/mol. The van der Waals surface area contributed by atoms with Crippen LogP contribution in [-0.4, -0.2) is 9.77 Å². The van der Waals surface area contributed by atoms with Gasteiger partial charge in [-0.05, 0) is 13.0 Å². The first-order valence-electron chi connectivity index (χ1n) is 4.80. The van der Waals surface area contributed by atoms with Gasteiger partial charge in [0.15, 0.2) is 0 Å². The lowest BCUT2D eigenvalue weighted by atomic mass is 10.1. The summed E-state index contributed by atoms with van der Waals surface area (Å²) in [6, 6.07) is 8.06. The first-order valence-corrected chi connectivity index (χ1v) is 4.80. The molecule has 0 fully saturated rings. The fourth-order valence-corrected chi connectivity index (χ4v) is 1.96. The van der Waals surface area contributed by atoms with Crippen LogP contribution in [0.1, 0.15) is 11.3 Å². The molecule has 0 aliphatic rings. The van der Waals surface area contributed by atoms with Gasteiger partial charge in [-0.25, -0.2) is 0 Å². The molecule has 0 radical (unpaired) electrons. The van der Waals surface area contributed by atoms with Gasteiger partial charge in [0.05, 0.1) is 5.70 Å². The Labute approximate surface area is 88.6 Å². The highest BCUT2D eigenvalue weighted by Gasteiger charge is 2.12. The molecule has 2 N–H and O–H groups in total. The van der Waals surface area contributed by atoms with Gasteiger partial charge in [-0.1, -0.05) is 24.8 Å². The maximum absolute atomic E-state index is 8.92. The lowest BCUT2D eigenvalue weighted by Crippen LogP contribution is -2.05. The molecule has 0 saturated heterocycles. The van der Waals surface area contributed by atoms with Crippen molar-refractivity contribution in [1.29, 1.82) is 0 Å². The molecule has 0 spiro atoms. The van der Waals surface area contributed by atoms with Crippen LogP contribution in [0.2, 0.25) is 0 Å². The third-order valence-electron chi connectivity index (χ3n) is 2.84. The molecule has 0 aliphatic heterocycles. The maximum Gasteiger partial charge on any atom is 0.0626 e. The molecule has 15 heavy (non-hydrogen) atoms. The van der Waals surface area contributed by atoms with Crippen molar-refractivity contribution in [1.82, 2.24) is 10.0 Å². The van der Waals surface area contributed by atoms with Crippen molar-refractivity contribution < 1.29 is 5.21 Å². The van der Waals surface area contributed by atoms with E-state index in [4.69, 9.17) is 5.21 Å². The van der Waals surface area contributed by atoms with Crippen LogP contribution in [0.5, 0.6) is 0 Å². The summed E-state index contributed by atoms with van der Waals surface area (Å²) in [4.78, 5) is 0. The van der Waals surface area contributed by atoms with Gasteiger partial charge in [-0.2, -0.15) is 0 Å². The first-order chi connectivity index (χ1) is 7.16. The molecular formula is C12H14N2O. The predicted octanol–water partition coefficient (Wildman–Crippen LogP) is 2.44. The Kier molecular flexibility index (Phi) is 2.25. The second kappa shape index (κ2) is 3.44. The Balaban J connectivity index is 2.83. The number of para-hydroxylation sites is 1. The van der Waals surface area contributed by atoms with Crippen LogP contribution in [0.25, 0.3) is 16.6 Å². The number of fused-ring (bicyclic) bond motifs is 1. The van der Waals surface area contributed by atoms with Crippen molar-refractivity contribution in [3.63, 3.8) is 0 Å². The van der Waals surface area contributed by atoms with E-state index < -0.39 is 0 Å². The number of nitrogens with one attached hydrogen (secondary N) is 1. The van der Waals surface area contributed by atoms with Crippen LogP contribution in [0.3, 0.4) is 0 Å². The molecule has 0 aliphatic carbocycles. The molecule has 0 saturated carbocycles. The van der Waals surface area contributed by atoms with Crippen molar-refractivity contribution in [2.75, 3.05) is 0 Å². The van der Waals surface area contributed by atoms with E-state index in [1.165, 1.54) is 0 Å². The Morgan fingerprint density at radius 2 is 2.07 bits per heavy atom. The molecule has 2 rings (SSSR count). The summed E-state index contributed by atoms with van der Waals surface area (Å²) in [6.07, 6.45) is 0. The summed E-state index contributed by atoms with van der Waals surface area (Å²) in [6.45, 7) is 5.81. The zero-order chi connectivity index (χ0) is 11.0. The predicted molar refractivity (Wildman–Crippen MR) is 61.6 cm³/mol. The number of hydroxylamine groups is 1. The van der Waals surface area contributed by atoms with Gasteiger partial charge in [0.25, 0.3) is 0 Å². The highest BCUT2D eigenvalue weighted by atomic mass is 16.5. The fraction of sp³-hybridized carbons (Fsp3) is 0.167. The fourth-order valence-electron chi connectivity index (χ4n) is 1.96. The normalized spacial score (nSPS) is 10.6. The SMILES string of the molecule is C=C(NO)c1c(C)n(C)c2ccccc12. The van der Waals surface area contributed by atoms with E-state index >= 15 is 0 Å². The zero-order valence-electron chi connectivity index (χ0n) is 8.91. The van der Waals surface area contributed by atoms with Gasteiger partial charge in [0.1, 0.15) is 0 Å². The zero-order valence-corrected chi connectivity index (χ0v) is 8.91. The number of aromatic nitrogens is 1. The smallest absolute Gasteiger partial charge is 0.0626 e. The number of nitrogens with zero attached hydrogens (tertiary/aromatic N) is 1. The summed E-state index contributed by atoms with van der Waals surface area (Å²) >= 11 is 0. The second-order valence-corrected chi connectivity index (χ2v) is 3.63.